The van der Waals surface area contributed by atoms with Crippen LogP contribution in [0.1, 0.15) is 0 Å². The number of carbonyl (C=O) groups is 1. The molecule has 0 radical (unpaired) electrons. The number of hydrogen-bond donors (Lipinski definition) is 2. The van der Waals surface area contributed by atoms with Crippen molar-refractivity contribution in [3.05, 3.63) is 83.9 Å². The number of rotatable bonds is 6. The predicted molar refractivity (Wildman–Crippen MR) is 113 cm³/mol. The summed E-state index contributed by atoms with van der Waals surface area (Å²) in [7, 11) is 0. The van der Waals surface area contributed by atoms with Gasteiger partial charge in [-0.2, -0.15) is 5.10 Å². The molecule has 0 saturated carbocycles. The monoisotopic (exact) mass is 404 g/mol. The molecule has 2 N–H and O–H groups in total. The first-order chi connectivity index (χ1) is 14.2. The lowest BCUT2D eigenvalue weighted by Gasteiger charge is -2.11. The van der Waals surface area contributed by atoms with Gasteiger partial charge < -0.3 is 10.1 Å². The number of aromatic amines is 1. The van der Waals surface area contributed by atoms with Gasteiger partial charge in [0.2, 0.25) is 0 Å². The number of nitrogens with zero attached hydrogens (tertiary/aromatic N) is 2. The molecule has 0 atom stereocenters. The number of amides is 1. The predicted octanol–water partition coefficient (Wildman–Crippen LogP) is 4.81. The molecule has 0 aliphatic carbocycles. The summed E-state index contributed by atoms with van der Waals surface area (Å²) in [5, 5.41) is 10.5. The molecular weight excluding hydrogens is 388 g/mol. The molecule has 4 aromatic rings. The lowest BCUT2D eigenvalue weighted by molar-refractivity contribution is -0.118. The molecule has 0 fully saturated rings. The largest absolute Gasteiger partial charge is 0.482 e. The standard InChI is InChI=1S/C22H17ClN4O2/c23-17-11-5-7-13-19(17)29-14-20(28)24-18-12-6-4-10-16(18)22-25-21(26-27-22)15-8-2-1-3-9-15/h1-13H,14H2,(H,24,28)(H,25,26,27). The van der Waals surface area contributed by atoms with Crippen molar-refractivity contribution in [3.63, 3.8) is 0 Å². The van der Waals surface area contributed by atoms with Gasteiger partial charge in [0.15, 0.2) is 18.3 Å². The van der Waals surface area contributed by atoms with Gasteiger partial charge in [0, 0.05) is 11.1 Å². The van der Waals surface area contributed by atoms with Crippen molar-refractivity contribution >= 4 is 23.2 Å². The van der Waals surface area contributed by atoms with Crippen molar-refractivity contribution in [2.75, 3.05) is 11.9 Å². The molecule has 0 unspecified atom stereocenters. The molecule has 0 aliphatic rings. The van der Waals surface area contributed by atoms with Crippen LogP contribution in [0.3, 0.4) is 0 Å². The van der Waals surface area contributed by atoms with E-state index in [2.05, 4.69) is 20.5 Å². The van der Waals surface area contributed by atoms with Crippen molar-refractivity contribution < 1.29 is 9.53 Å². The summed E-state index contributed by atoms with van der Waals surface area (Å²) in [6.07, 6.45) is 0. The molecule has 4 rings (SSSR count). The Bertz CT molecular complexity index is 1130. The fourth-order valence-electron chi connectivity index (χ4n) is 2.79. The first-order valence-electron chi connectivity index (χ1n) is 8.95. The molecule has 29 heavy (non-hydrogen) atoms. The number of para-hydroxylation sites is 2. The van der Waals surface area contributed by atoms with E-state index in [4.69, 9.17) is 16.3 Å². The molecule has 0 bridgehead atoms. The van der Waals surface area contributed by atoms with E-state index in [9.17, 15) is 4.79 Å². The van der Waals surface area contributed by atoms with Crippen LogP contribution in [0.4, 0.5) is 5.69 Å². The summed E-state index contributed by atoms with van der Waals surface area (Å²) >= 11 is 6.05. The van der Waals surface area contributed by atoms with Gasteiger partial charge >= 0.3 is 0 Å². The maximum Gasteiger partial charge on any atom is 0.262 e. The lowest BCUT2D eigenvalue weighted by atomic mass is 10.1. The van der Waals surface area contributed by atoms with Gasteiger partial charge in [-0.3, -0.25) is 9.89 Å². The van der Waals surface area contributed by atoms with E-state index in [1.54, 1.807) is 30.3 Å². The lowest BCUT2D eigenvalue weighted by Crippen LogP contribution is -2.20. The molecule has 0 aliphatic heterocycles. The summed E-state index contributed by atoms with van der Waals surface area (Å²) in [5.41, 5.74) is 2.24. The Morgan fingerprint density at radius 1 is 0.966 bits per heavy atom. The zero-order valence-corrected chi connectivity index (χ0v) is 16.1. The zero-order chi connectivity index (χ0) is 20.1. The van der Waals surface area contributed by atoms with Crippen molar-refractivity contribution in [2.45, 2.75) is 0 Å². The number of aromatic nitrogens is 3. The number of anilines is 1. The summed E-state index contributed by atoms with van der Waals surface area (Å²) < 4.78 is 5.50. The third kappa shape index (κ3) is 4.44. The number of nitrogens with one attached hydrogen (secondary N) is 2. The quantitative estimate of drug-likeness (QED) is 0.483. The van der Waals surface area contributed by atoms with Gasteiger partial charge in [-0.1, -0.05) is 66.2 Å². The number of ether oxygens (including phenoxy) is 1. The molecule has 1 amide bonds. The summed E-state index contributed by atoms with van der Waals surface area (Å²) in [6, 6.07) is 24.0. The highest BCUT2D eigenvalue weighted by atomic mass is 35.5. The van der Waals surface area contributed by atoms with Gasteiger partial charge in [0.25, 0.3) is 5.91 Å². The van der Waals surface area contributed by atoms with Crippen LogP contribution in [0.5, 0.6) is 5.75 Å². The Balaban J connectivity index is 1.49. The van der Waals surface area contributed by atoms with E-state index in [0.29, 0.717) is 28.1 Å². The minimum Gasteiger partial charge on any atom is -0.482 e. The molecular formula is C22H17ClN4O2. The first-order valence-corrected chi connectivity index (χ1v) is 9.33. The molecule has 0 spiro atoms. The summed E-state index contributed by atoms with van der Waals surface area (Å²) in [6.45, 7) is -0.163. The number of H-pyrrole nitrogens is 1. The summed E-state index contributed by atoms with van der Waals surface area (Å²) in [5.74, 6) is 1.30. The number of benzene rings is 3. The second kappa shape index (κ2) is 8.58. The Morgan fingerprint density at radius 2 is 1.69 bits per heavy atom. The van der Waals surface area contributed by atoms with Crippen LogP contribution < -0.4 is 10.1 Å². The van der Waals surface area contributed by atoms with Gasteiger partial charge in [0.1, 0.15) is 5.75 Å². The van der Waals surface area contributed by atoms with Crippen molar-refractivity contribution in [1.29, 1.82) is 0 Å². The molecule has 1 aromatic heterocycles. The van der Waals surface area contributed by atoms with Crippen molar-refractivity contribution in [2.24, 2.45) is 0 Å². The van der Waals surface area contributed by atoms with E-state index in [1.165, 1.54) is 0 Å². The van der Waals surface area contributed by atoms with E-state index in [-0.39, 0.29) is 12.5 Å². The van der Waals surface area contributed by atoms with Crippen LogP contribution in [-0.4, -0.2) is 27.7 Å². The highest BCUT2D eigenvalue weighted by molar-refractivity contribution is 6.32. The first kappa shape index (κ1) is 18.7. The van der Waals surface area contributed by atoms with Crippen molar-refractivity contribution in [1.82, 2.24) is 15.2 Å². The van der Waals surface area contributed by atoms with Crippen LogP contribution in [0.2, 0.25) is 5.02 Å². The second-order valence-corrected chi connectivity index (χ2v) is 6.59. The molecule has 1 heterocycles. The number of carbonyl (C=O) groups excluding carboxylic acids is 1. The van der Waals surface area contributed by atoms with Crippen molar-refractivity contribution in [3.8, 4) is 28.5 Å². The molecule has 6 nitrogen and oxygen atoms in total. The van der Waals surface area contributed by atoms with Crippen LogP contribution in [-0.2, 0) is 4.79 Å². The Labute approximate surface area is 172 Å². The third-order valence-corrected chi connectivity index (χ3v) is 4.48. The van der Waals surface area contributed by atoms with E-state index in [0.717, 1.165) is 11.1 Å². The van der Waals surface area contributed by atoms with Crippen LogP contribution in [0.15, 0.2) is 78.9 Å². The average Bonchev–Trinajstić information content (AvgIpc) is 3.24. The Morgan fingerprint density at radius 3 is 2.52 bits per heavy atom. The minimum absolute atomic E-state index is 0.163. The smallest absolute Gasteiger partial charge is 0.262 e. The number of halogens is 1. The third-order valence-electron chi connectivity index (χ3n) is 4.17. The van der Waals surface area contributed by atoms with E-state index in [1.807, 2.05) is 48.5 Å². The maximum atomic E-state index is 12.4. The zero-order valence-electron chi connectivity index (χ0n) is 15.3. The topological polar surface area (TPSA) is 79.9 Å². The van der Waals surface area contributed by atoms with Gasteiger partial charge in [0.05, 0.1) is 10.7 Å². The Kier molecular flexibility index (Phi) is 5.54. The molecule has 3 aromatic carbocycles. The summed E-state index contributed by atoms with van der Waals surface area (Å²) in [4.78, 5) is 16.9. The molecule has 144 valence electrons. The van der Waals surface area contributed by atoms with E-state index >= 15 is 0 Å². The SMILES string of the molecule is O=C(COc1ccccc1Cl)Nc1ccccc1-c1nc(-c2ccccc2)n[nH]1. The number of hydrogen-bond acceptors (Lipinski definition) is 4. The fourth-order valence-corrected chi connectivity index (χ4v) is 2.98. The highest BCUT2D eigenvalue weighted by Gasteiger charge is 2.13. The minimum atomic E-state index is -0.305. The average molecular weight is 405 g/mol. The van der Waals surface area contributed by atoms with Gasteiger partial charge in [-0.15, -0.1) is 0 Å². The van der Waals surface area contributed by atoms with Crippen LogP contribution >= 0.6 is 11.6 Å². The maximum absolute atomic E-state index is 12.4. The molecule has 7 heteroatoms. The van der Waals surface area contributed by atoms with E-state index < -0.39 is 0 Å². The van der Waals surface area contributed by atoms with Gasteiger partial charge in [-0.25, -0.2) is 4.98 Å². The van der Waals surface area contributed by atoms with Crippen LogP contribution in [0, 0.1) is 0 Å². The molecule has 0 saturated heterocycles. The fraction of sp³-hybridized carbons (Fsp3) is 0.0455. The highest BCUT2D eigenvalue weighted by Crippen LogP contribution is 2.27. The van der Waals surface area contributed by atoms with Gasteiger partial charge in [-0.05, 0) is 24.3 Å². The second-order valence-electron chi connectivity index (χ2n) is 6.19. The van der Waals surface area contributed by atoms with Crippen LogP contribution in [0.25, 0.3) is 22.8 Å². The Hall–Kier alpha value is -3.64. The normalized spacial score (nSPS) is 10.5.